The van der Waals surface area contributed by atoms with E-state index in [1.165, 1.54) is 10.9 Å². The van der Waals surface area contributed by atoms with Gasteiger partial charge in [0.2, 0.25) is 11.7 Å². The Morgan fingerprint density at radius 1 is 1.47 bits per heavy atom. The van der Waals surface area contributed by atoms with Gasteiger partial charge in [0.15, 0.2) is 0 Å². The van der Waals surface area contributed by atoms with Crippen LogP contribution in [0.3, 0.4) is 0 Å². The summed E-state index contributed by atoms with van der Waals surface area (Å²) >= 11 is 0. The molecule has 0 unspecified atom stereocenters. The summed E-state index contributed by atoms with van der Waals surface area (Å²) in [7, 11) is 0. The van der Waals surface area contributed by atoms with Gasteiger partial charge in [0.05, 0.1) is 0 Å². The molecule has 0 aliphatic heterocycles. The second kappa shape index (κ2) is 7.04. The van der Waals surface area contributed by atoms with E-state index in [2.05, 4.69) is 4.98 Å². The Kier molecular flexibility index (Phi) is 5.39. The van der Waals surface area contributed by atoms with Crippen molar-refractivity contribution in [2.24, 2.45) is 0 Å². The van der Waals surface area contributed by atoms with Crippen molar-refractivity contribution in [1.29, 1.82) is 0 Å². The monoisotopic (exact) mass is 268 g/mol. The number of carbonyl (C=O) groups is 1. The molecular weight excluding hydrogens is 255 g/mol. The van der Waals surface area contributed by atoms with Gasteiger partial charge in [-0.1, -0.05) is 6.92 Å². The number of rotatable bonds is 2. The van der Waals surface area contributed by atoms with Crippen LogP contribution in [0.4, 0.5) is 4.39 Å². The molecule has 0 spiro atoms. The highest BCUT2D eigenvalue weighted by Gasteiger charge is 1.99. The van der Waals surface area contributed by atoms with Gasteiger partial charge in [0.1, 0.15) is 6.33 Å². The minimum Gasteiger partial charge on any atom is -0.311 e. The zero-order valence-electron chi connectivity index (χ0n) is 10.2. The third kappa shape index (κ3) is 4.70. The number of hydrogen-bond donors (Lipinski definition) is 2. The molecule has 102 valence electrons. The van der Waals surface area contributed by atoms with Crippen LogP contribution in [0.25, 0.3) is 0 Å². The molecule has 2 aromatic heterocycles. The lowest BCUT2D eigenvalue weighted by atomic mass is 10.3. The van der Waals surface area contributed by atoms with E-state index in [4.69, 9.17) is 0 Å². The minimum atomic E-state index is -1.00. The van der Waals surface area contributed by atoms with E-state index in [0.29, 0.717) is 12.6 Å². The normalized spacial score (nSPS) is 9.58. The van der Waals surface area contributed by atoms with Gasteiger partial charge in [-0.2, -0.15) is 4.39 Å². The number of aromatic amines is 2. The Labute approximate surface area is 107 Å². The first-order valence-electron chi connectivity index (χ1n) is 5.53. The Hall–Kier alpha value is -2.51. The lowest BCUT2D eigenvalue weighted by molar-refractivity contribution is 0.0901. The average molecular weight is 268 g/mol. The maximum Gasteiger partial charge on any atom is 0.325 e. The van der Waals surface area contributed by atoms with Crippen LogP contribution in [0.15, 0.2) is 34.5 Å². The van der Waals surface area contributed by atoms with Crippen LogP contribution in [0.2, 0.25) is 0 Å². The molecule has 0 saturated carbocycles. The Balaban J connectivity index is 0.000000191. The fourth-order valence-electron chi connectivity index (χ4n) is 1.14. The summed E-state index contributed by atoms with van der Waals surface area (Å²) in [6, 6.07) is 0. The number of imidazole rings is 1. The lowest BCUT2D eigenvalue weighted by Gasteiger charge is -1.95. The molecular formula is C11H13FN4O3. The van der Waals surface area contributed by atoms with Crippen LogP contribution in [-0.2, 0) is 0 Å². The molecule has 2 aromatic rings. The highest BCUT2D eigenvalue weighted by molar-refractivity contribution is 5.78. The van der Waals surface area contributed by atoms with Gasteiger partial charge < -0.3 is 4.98 Å². The lowest BCUT2D eigenvalue weighted by Crippen LogP contribution is -2.23. The second-order valence-corrected chi connectivity index (χ2v) is 3.53. The predicted molar refractivity (Wildman–Crippen MR) is 65.4 cm³/mol. The molecule has 0 aromatic carbocycles. The molecule has 7 nitrogen and oxygen atoms in total. The minimum absolute atomic E-state index is 0.111. The maximum atomic E-state index is 12.0. The SMILES string of the molecule is CCCC(=O)n1ccnc1.O=c1[nH]cc(F)c(=O)[nH]1. The van der Waals surface area contributed by atoms with Crippen molar-refractivity contribution < 1.29 is 9.18 Å². The number of halogens is 1. The second-order valence-electron chi connectivity index (χ2n) is 3.53. The van der Waals surface area contributed by atoms with E-state index in [-0.39, 0.29) is 5.91 Å². The van der Waals surface area contributed by atoms with Crippen LogP contribution in [0.5, 0.6) is 0 Å². The molecule has 2 heterocycles. The standard InChI is InChI=1S/C7H10N2O.C4H3FN2O2/c1-2-3-7(10)9-5-4-8-6-9;5-2-1-6-4(9)7-3(2)8/h4-6H,2-3H2,1H3;1H,(H2,6,7,8,9). The number of aromatic nitrogens is 4. The molecule has 0 aliphatic carbocycles. The van der Waals surface area contributed by atoms with Crippen LogP contribution in [-0.4, -0.2) is 25.4 Å². The van der Waals surface area contributed by atoms with E-state index < -0.39 is 17.1 Å². The zero-order chi connectivity index (χ0) is 14.3. The average Bonchev–Trinajstić information content (AvgIpc) is 2.89. The zero-order valence-corrected chi connectivity index (χ0v) is 10.2. The van der Waals surface area contributed by atoms with Crippen LogP contribution < -0.4 is 11.2 Å². The fraction of sp³-hybridized carbons (Fsp3) is 0.273. The van der Waals surface area contributed by atoms with Gasteiger partial charge in [-0.3, -0.25) is 19.1 Å². The molecule has 2 rings (SSSR count). The van der Waals surface area contributed by atoms with Gasteiger partial charge in [-0.15, -0.1) is 0 Å². The Bertz CT molecular complexity index is 630. The van der Waals surface area contributed by atoms with Gasteiger partial charge >= 0.3 is 5.69 Å². The summed E-state index contributed by atoms with van der Waals surface area (Å²) in [6.07, 6.45) is 6.98. The van der Waals surface area contributed by atoms with Crippen LogP contribution in [0.1, 0.15) is 24.6 Å². The van der Waals surface area contributed by atoms with E-state index in [1.54, 1.807) is 17.4 Å². The third-order valence-electron chi connectivity index (χ3n) is 2.03. The Morgan fingerprint density at radius 2 is 2.21 bits per heavy atom. The van der Waals surface area contributed by atoms with E-state index in [1.807, 2.05) is 11.9 Å². The number of nitrogens with zero attached hydrogens (tertiary/aromatic N) is 2. The van der Waals surface area contributed by atoms with E-state index >= 15 is 0 Å². The topological polar surface area (TPSA) is 101 Å². The highest BCUT2D eigenvalue weighted by atomic mass is 19.1. The van der Waals surface area contributed by atoms with E-state index in [9.17, 15) is 18.8 Å². The van der Waals surface area contributed by atoms with Crippen molar-refractivity contribution in [2.45, 2.75) is 19.8 Å². The highest BCUT2D eigenvalue weighted by Crippen LogP contribution is 1.93. The van der Waals surface area contributed by atoms with Crippen LogP contribution >= 0.6 is 0 Å². The Morgan fingerprint density at radius 3 is 2.68 bits per heavy atom. The molecule has 8 heteroatoms. The summed E-state index contributed by atoms with van der Waals surface area (Å²) in [5.74, 6) is -0.880. The molecule has 0 atom stereocenters. The largest absolute Gasteiger partial charge is 0.325 e. The molecule has 0 amide bonds. The van der Waals surface area contributed by atoms with E-state index in [0.717, 1.165) is 6.42 Å². The summed E-state index contributed by atoms with van der Waals surface area (Å²) < 4.78 is 13.5. The van der Waals surface area contributed by atoms with Gasteiger partial charge in [0.25, 0.3) is 5.56 Å². The molecule has 0 fully saturated rings. The first-order valence-corrected chi connectivity index (χ1v) is 5.53. The molecule has 0 aliphatic rings. The van der Waals surface area contributed by atoms with Crippen molar-refractivity contribution >= 4 is 5.91 Å². The fourth-order valence-corrected chi connectivity index (χ4v) is 1.14. The van der Waals surface area contributed by atoms with Gasteiger partial charge in [0, 0.05) is 25.0 Å². The van der Waals surface area contributed by atoms with Crippen molar-refractivity contribution in [3.05, 3.63) is 51.6 Å². The summed E-state index contributed by atoms with van der Waals surface area (Å²) in [4.78, 5) is 38.8. The first-order chi connectivity index (χ1) is 9.04. The quantitative estimate of drug-likeness (QED) is 0.829. The first kappa shape index (κ1) is 14.6. The predicted octanol–water partition coefficient (Wildman–Crippen LogP) is 0.526. The number of H-pyrrole nitrogens is 2. The van der Waals surface area contributed by atoms with Crippen molar-refractivity contribution in [3.63, 3.8) is 0 Å². The van der Waals surface area contributed by atoms with Crippen LogP contribution in [0, 0.1) is 5.82 Å². The van der Waals surface area contributed by atoms with Crippen molar-refractivity contribution in [3.8, 4) is 0 Å². The molecule has 0 saturated heterocycles. The third-order valence-corrected chi connectivity index (χ3v) is 2.03. The maximum absolute atomic E-state index is 12.0. The van der Waals surface area contributed by atoms with Crippen molar-refractivity contribution in [2.75, 3.05) is 0 Å². The summed E-state index contributed by atoms with van der Waals surface area (Å²) in [5.41, 5.74) is -1.71. The summed E-state index contributed by atoms with van der Waals surface area (Å²) in [5, 5.41) is 0. The molecule has 0 radical (unpaired) electrons. The summed E-state index contributed by atoms with van der Waals surface area (Å²) in [6.45, 7) is 1.98. The number of hydrogen-bond acceptors (Lipinski definition) is 4. The smallest absolute Gasteiger partial charge is 0.311 e. The van der Waals surface area contributed by atoms with Crippen molar-refractivity contribution in [1.82, 2.24) is 19.5 Å². The van der Waals surface area contributed by atoms with Gasteiger partial charge in [-0.05, 0) is 6.42 Å². The molecule has 0 bridgehead atoms. The molecule has 2 N–H and O–H groups in total. The van der Waals surface area contributed by atoms with Gasteiger partial charge in [-0.25, -0.2) is 9.78 Å². The number of nitrogens with one attached hydrogen (secondary N) is 2. The number of carbonyl (C=O) groups excluding carboxylic acids is 1. The molecule has 19 heavy (non-hydrogen) atoms.